The molecule has 1 aliphatic rings. The van der Waals surface area contributed by atoms with Gasteiger partial charge >= 0.3 is 0 Å². The Balaban J connectivity index is 2.14. The summed E-state index contributed by atoms with van der Waals surface area (Å²) in [4.78, 5) is 49.2. The minimum atomic E-state index is -0.686. The van der Waals surface area contributed by atoms with Crippen LogP contribution in [0.2, 0.25) is 0 Å². The van der Waals surface area contributed by atoms with Crippen LogP contribution in [0.5, 0.6) is 0 Å². The molecule has 3 amide bonds. The van der Waals surface area contributed by atoms with Crippen molar-refractivity contribution in [3.05, 3.63) is 34.9 Å². The second kappa shape index (κ2) is 9.27. The van der Waals surface area contributed by atoms with Gasteiger partial charge in [-0.2, -0.15) is 0 Å². The van der Waals surface area contributed by atoms with Crippen LogP contribution in [0.3, 0.4) is 0 Å². The number of hydrogen-bond acceptors (Lipinski definition) is 5. The van der Waals surface area contributed by atoms with Crippen LogP contribution in [-0.2, 0) is 27.5 Å². The van der Waals surface area contributed by atoms with Crippen LogP contribution in [0.15, 0.2) is 18.2 Å². The summed E-state index contributed by atoms with van der Waals surface area (Å²) < 4.78 is 0. The predicted molar refractivity (Wildman–Crippen MR) is 99.6 cm³/mol. The zero-order valence-electron chi connectivity index (χ0n) is 15.7. The second-order valence-corrected chi connectivity index (χ2v) is 6.56. The number of carbonyl (C=O) groups is 4. The number of primary amides is 1. The fraction of sp³-hybridized carbons (Fsp3) is 0.474. The van der Waals surface area contributed by atoms with Gasteiger partial charge in [-0.1, -0.05) is 19.1 Å². The fourth-order valence-electron chi connectivity index (χ4n) is 3.19. The number of amides is 3. The van der Waals surface area contributed by atoms with E-state index < -0.39 is 11.9 Å². The maximum Gasteiger partial charge on any atom is 0.255 e. The van der Waals surface area contributed by atoms with Crippen molar-refractivity contribution in [2.75, 3.05) is 13.1 Å². The zero-order valence-corrected chi connectivity index (χ0v) is 15.7. The van der Waals surface area contributed by atoms with Gasteiger partial charge < -0.3 is 21.3 Å². The molecule has 146 valence electrons. The number of likely N-dealkylation sites (N-methyl/N-ethyl adjacent to an activating group) is 1. The van der Waals surface area contributed by atoms with Crippen LogP contribution in [0, 0.1) is 0 Å². The molecule has 0 radical (unpaired) electrons. The maximum absolute atomic E-state index is 12.8. The number of benzene rings is 1. The van der Waals surface area contributed by atoms with E-state index in [1.54, 1.807) is 12.1 Å². The first-order chi connectivity index (χ1) is 12.8. The van der Waals surface area contributed by atoms with Gasteiger partial charge in [0.05, 0.1) is 12.6 Å². The first-order valence-corrected chi connectivity index (χ1v) is 9.03. The van der Waals surface area contributed by atoms with Gasteiger partial charge in [-0.15, -0.1) is 0 Å². The minimum absolute atomic E-state index is 0.0394. The number of ketones is 1. The molecule has 8 heteroatoms. The fourth-order valence-corrected chi connectivity index (χ4v) is 3.19. The van der Waals surface area contributed by atoms with Crippen molar-refractivity contribution in [3.63, 3.8) is 0 Å². The third kappa shape index (κ3) is 5.13. The zero-order chi connectivity index (χ0) is 20.0. The molecule has 2 rings (SSSR count). The summed E-state index contributed by atoms with van der Waals surface area (Å²) in [6, 6.07) is 4.65. The largest absolute Gasteiger partial charge is 0.370 e. The van der Waals surface area contributed by atoms with Gasteiger partial charge in [0.1, 0.15) is 0 Å². The Kier molecular flexibility index (Phi) is 7.06. The third-order valence-electron chi connectivity index (χ3n) is 4.61. The lowest BCUT2D eigenvalue weighted by Crippen LogP contribution is -2.41. The normalized spacial score (nSPS) is 14.0. The molecule has 8 nitrogen and oxygen atoms in total. The molecule has 1 aromatic rings. The molecule has 27 heavy (non-hydrogen) atoms. The maximum atomic E-state index is 12.8. The molecule has 1 unspecified atom stereocenters. The van der Waals surface area contributed by atoms with E-state index in [0.29, 0.717) is 18.7 Å². The molecule has 0 bridgehead atoms. The highest BCUT2D eigenvalue weighted by atomic mass is 16.2. The molecule has 1 aliphatic heterocycles. The van der Waals surface area contributed by atoms with Gasteiger partial charge in [0.25, 0.3) is 5.91 Å². The topological polar surface area (TPSA) is 122 Å². The molecule has 1 aromatic carbocycles. The Labute approximate surface area is 158 Å². The lowest BCUT2D eigenvalue weighted by Gasteiger charge is -2.25. The summed E-state index contributed by atoms with van der Waals surface area (Å²) in [5.74, 6) is -1.05. The second-order valence-electron chi connectivity index (χ2n) is 6.56. The third-order valence-corrected chi connectivity index (χ3v) is 4.61. The number of nitrogens with two attached hydrogens (primary N) is 1. The molecule has 0 saturated carbocycles. The SMILES string of the molecule is CCNCC(=O)NCc1cccc2c1CN(C(CCC(N)=O)C(C)=O)C2=O. The van der Waals surface area contributed by atoms with Crippen molar-refractivity contribution in [1.82, 2.24) is 15.5 Å². The Bertz CT molecular complexity index is 747. The molecule has 0 spiro atoms. The molecular formula is C19H26N4O4. The monoisotopic (exact) mass is 374 g/mol. The van der Waals surface area contributed by atoms with Crippen LogP contribution in [0.4, 0.5) is 0 Å². The highest BCUT2D eigenvalue weighted by Gasteiger charge is 2.35. The molecule has 0 saturated heterocycles. The average Bonchev–Trinajstić information content (AvgIpc) is 2.95. The lowest BCUT2D eigenvalue weighted by atomic mass is 10.0. The van der Waals surface area contributed by atoms with Crippen LogP contribution in [0.1, 0.15) is 48.2 Å². The standard InChI is InChI=1S/C19H26N4O4/c1-3-21-10-18(26)22-9-13-5-4-6-14-15(13)11-23(19(14)27)16(12(2)24)7-8-17(20)25/h4-6,16,21H,3,7-11H2,1-2H3,(H2,20,25)(H,22,26). The predicted octanol–water partition coefficient (Wildman–Crippen LogP) is 0.0912. The van der Waals surface area contributed by atoms with Crippen molar-refractivity contribution in [3.8, 4) is 0 Å². The summed E-state index contributed by atoms with van der Waals surface area (Å²) in [6.07, 6.45) is 0.247. The summed E-state index contributed by atoms with van der Waals surface area (Å²) in [6.45, 7) is 4.84. The van der Waals surface area contributed by atoms with Crippen molar-refractivity contribution in [2.45, 2.75) is 45.8 Å². The first kappa shape index (κ1) is 20.6. The Morgan fingerprint density at radius 2 is 2.04 bits per heavy atom. The van der Waals surface area contributed by atoms with E-state index >= 15 is 0 Å². The van der Waals surface area contributed by atoms with E-state index in [1.165, 1.54) is 11.8 Å². The average molecular weight is 374 g/mol. The number of fused-ring (bicyclic) bond motifs is 1. The smallest absolute Gasteiger partial charge is 0.255 e. The number of rotatable bonds is 10. The Hall–Kier alpha value is -2.74. The Morgan fingerprint density at radius 3 is 2.67 bits per heavy atom. The van der Waals surface area contributed by atoms with Crippen LogP contribution in [0.25, 0.3) is 0 Å². The van der Waals surface area contributed by atoms with E-state index in [2.05, 4.69) is 10.6 Å². The van der Waals surface area contributed by atoms with Crippen molar-refractivity contribution in [2.24, 2.45) is 5.73 Å². The molecule has 1 heterocycles. The summed E-state index contributed by atoms with van der Waals surface area (Å²) in [5, 5.41) is 5.78. The summed E-state index contributed by atoms with van der Waals surface area (Å²) in [7, 11) is 0. The van der Waals surface area contributed by atoms with Gasteiger partial charge in [0.15, 0.2) is 5.78 Å². The van der Waals surface area contributed by atoms with Crippen LogP contribution in [-0.4, -0.2) is 47.5 Å². The van der Waals surface area contributed by atoms with Crippen molar-refractivity contribution in [1.29, 1.82) is 0 Å². The molecule has 0 aromatic heterocycles. The van der Waals surface area contributed by atoms with Crippen molar-refractivity contribution >= 4 is 23.5 Å². The molecule has 4 N–H and O–H groups in total. The quantitative estimate of drug-likeness (QED) is 0.536. The highest BCUT2D eigenvalue weighted by Crippen LogP contribution is 2.29. The first-order valence-electron chi connectivity index (χ1n) is 9.03. The number of hydrogen-bond donors (Lipinski definition) is 3. The van der Waals surface area contributed by atoms with E-state index in [0.717, 1.165) is 11.1 Å². The molecule has 0 aliphatic carbocycles. The van der Waals surface area contributed by atoms with Gasteiger partial charge in [-0.25, -0.2) is 0 Å². The van der Waals surface area contributed by atoms with Gasteiger partial charge in [-0.05, 0) is 37.1 Å². The van der Waals surface area contributed by atoms with E-state index in [-0.39, 0.29) is 43.5 Å². The Morgan fingerprint density at radius 1 is 1.30 bits per heavy atom. The van der Waals surface area contributed by atoms with Gasteiger partial charge in [0.2, 0.25) is 11.8 Å². The van der Waals surface area contributed by atoms with E-state index in [1.807, 2.05) is 13.0 Å². The van der Waals surface area contributed by atoms with Gasteiger partial charge in [-0.3, -0.25) is 19.2 Å². The summed E-state index contributed by atoms with van der Waals surface area (Å²) in [5.41, 5.74) is 7.35. The summed E-state index contributed by atoms with van der Waals surface area (Å²) >= 11 is 0. The highest BCUT2D eigenvalue weighted by molar-refractivity contribution is 6.01. The molecular weight excluding hydrogens is 348 g/mol. The number of nitrogens with zero attached hydrogens (tertiary/aromatic N) is 1. The number of Topliss-reactive ketones (excluding diaryl/α,β-unsaturated/α-hetero) is 1. The van der Waals surface area contributed by atoms with Crippen LogP contribution < -0.4 is 16.4 Å². The molecule has 1 atom stereocenters. The van der Waals surface area contributed by atoms with Gasteiger partial charge in [0, 0.05) is 25.1 Å². The van der Waals surface area contributed by atoms with Crippen LogP contribution >= 0.6 is 0 Å². The number of nitrogens with one attached hydrogen (secondary N) is 2. The van der Waals surface area contributed by atoms with E-state index in [4.69, 9.17) is 5.73 Å². The number of carbonyl (C=O) groups excluding carboxylic acids is 4. The lowest BCUT2D eigenvalue weighted by molar-refractivity contribution is -0.123. The molecule has 0 fully saturated rings. The van der Waals surface area contributed by atoms with E-state index in [9.17, 15) is 19.2 Å². The minimum Gasteiger partial charge on any atom is -0.370 e. The van der Waals surface area contributed by atoms with Crippen molar-refractivity contribution < 1.29 is 19.2 Å².